The van der Waals surface area contributed by atoms with Crippen LogP contribution in [0.2, 0.25) is 5.02 Å². The highest BCUT2D eigenvalue weighted by molar-refractivity contribution is 6.34. The van der Waals surface area contributed by atoms with E-state index < -0.39 is 29.8 Å². The molecule has 1 atom stereocenters. The number of nitrogens with zero attached hydrogens (tertiary/aromatic N) is 6. The van der Waals surface area contributed by atoms with Gasteiger partial charge in [-0.3, -0.25) is 19.1 Å². The molecule has 232 valence electrons. The Morgan fingerprint density at radius 2 is 1.81 bits per heavy atom. The van der Waals surface area contributed by atoms with Crippen LogP contribution in [0.25, 0.3) is 11.3 Å². The molecule has 3 heterocycles. The summed E-state index contributed by atoms with van der Waals surface area (Å²) in [6.45, 7) is 0.722. The van der Waals surface area contributed by atoms with Crippen LogP contribution in [0, 0.1) is 0 Å². The van der Waals surface area contributed by atoms with Gasteiger partial charge in [0, 0.05) is 51.7 Å². The lowest BCUT2D eigenvalue weighted by molar-refractivity contribution is -0.141. The Labute approximate surface area is 255 Å². The zero-order valence-corrected chi connectivity index (χ0v) is 24.4. The fraction of sp³-hybridized carbons (Fsp3) is 0.423. The predicted octanol–water partition coefficient (Wildman–Crippen LogP) is 2.57. The van der Waals surface area contributed by atoms with E-state index in [0.29, 0.717) is 0 Å². The first-order chi connectivity index (χ1) is 19.9. The molecule has 1 aromatic carbocycles. The molecule has 2 aromatic heterocycles. The number of imidazole rings is 1. The van der Waals surface area contributed by atoms with Gasteiger partial charge in [0.25, 0.3) is 17.7 Å². The number of nitrogens with one attached hydrogen (secondary N) is 1. The SMILES string of the molecule is Cl.Cn1c(-c2cn(C3CC3)nc2C(F)(F)F)cnc1C(=O)Nc1ccc(C(=O)N2CCN(C(=O)C(O)CN)CC2)c(Cl)c1. The number of aliphatic hydroxyl groups excluding tert-OH is 1. The van der Waals surface area contributed by atoms with Gasteiger partial charge >= 0.3 is 6.18 Å². The van der Waals surface area contributed by atoms with Crippen molar-refractivity contribution in [1.82, 2.24) is 29.1 Å². The number of benzene rings is 1. The lowest BCUT2D eigenvalue weighted by Gasteiger charge is -2.35. The Kier molecular flexibility index (Phi) is 9.39. The van der Waals surface area contributed by atoms with Crippen LogP contribution in [0.4, 0.5) is 18.9 Å². The van der Waals surface area contributed by atoms with Gasteiger partial charge in [0.2, 0.25) is 0 Å². The largest absolute Gasteiger partial charge is 0.435 e. The number of alkyl halides is 3. The summed E-state index contributed by atoms with van der Waals surface area (Å²) in [7, 11) is 1.44. The Hall–Kier alpha value is -3.66. The fourth-order valence-electron chi connectivity index (χ4n) is 4.75. The van der Waals surface area contributed by atoms with Crippen LogP contribution in [0.3, 0.4) is 0 Å². The van der Waals surface area contributed by atoms with Crippen molar-refractivity contribution in [3.63, 3.8) is 0 Å². The second kappa shape index (κ2) is 12.5. The number of aliphatic hydroxyl groups is 1. The molecule has 3 aromatic rings. The summed E-state index contributed by atoms with van der Waals surface area (Å²) in [6, 6.07) is 4.23. The zero-order valence-electron chi connectivity index (χ0n) is 22.8. The minimum atomic E-state index is -4.68. The molecule has 2 fully saturated rings. The van der Waals surface area contributed by atoms with E-state index in [4.69, 9.17) is 17.3 Å². The number of amides is 3. The van der Waals surface area contributed by atoms with Crippen LogP contribution in [0.15, 0.2) is 30.6 Å². The summed E-state index contributed by atoms with van der Waals surface area (Å²) in [5.41, 5.74) is 4.63. The first-order valence-corrected chi connectivity index (χ1v) is 13.5. The van der Waals surface area contributed by atoms with E-state index in [1.165, 1.54) is 56.7 Å². The highest BCUT2D eigenvalue weighted by atomic mass is 35.5. The van der Waals surface area contributed by atoms with E-state index >= 15 is 0 Å². The van der Waals surface area contributed by atoms with Crippen LogP contribution in [0.1, 0.15) is 45.6 Å². The number of hydrogen-bond donors (Lipinski definition) is 3. The molecular weight excluding hydrogens is 616 g/mol. The molecule has 43 heavy (non-hydrogen) atoms. The van der Waals surface area contributed by atoms with Crippen LogP contribution >= 0.6 is 24.0 Å². The Morgan fingerprint density at radius 1 is 1.16 bits per heavy atom. The molecule has 0 spiro atoms. The summed E-state index contributed by atoms with van der Waals surface area (Å²) in [6.07, 6.45) is -1.95. The van der Waals surface area contributed by atoms with Crippen molar-refractivity contribution < 1.29 is 32.7 Å². The van der Waals surface area contributed by atoms with Crippen LogP contribution in [-0.2, 0) is 18.0 Å². The fourth-order valence-corrected chi connectivity index (χ4v) is 5.01. The number of nitrogens with two attached hydrogens (primary N) is 1. The number of rotatable bonds is 7. The number of anilines is 1. The highest BCUT2D eigenvalue weighted by Gasteiger charge is 2.40. The van der Waals surface area contributed by atoms with E-state index in [1.54, 1.807) is 0 Å². The first kappa shape index (κ1) is 32.3. The smallest absolute Gasteiger partial charge is 0.382 e. The summed E-state index contributed by atoms with van der Waals surface area (Å²) in [4.78, 5) is 45.2. The summed E-state index contributed by atoms with van der Waals surface area (Å²) in [5, 5.41) is 16.1. The predicted molar refractivity (Wildman–Crippen MR) is 152 cm³/mol. The molecule has 4 N–H and O–H groups in total. The third kappa shape index (κ3) is 6.64. The molecule has 5 rings (SSSR count). The summed E-state index contributed by atoms with van der Waals surface area (Å²) < 4.78 is 43.7. The second-order valence-electron chi connectivity index (χ2n) is 10.1. The molecular formula is C26H29Cl2F3N8O4. The average Bonchev–Trinajstić information content (AvgIpc) is 3.59. The third-order valence-electron chi connectivity index (χ3n) is 7.23. The molecule has 12 nitrogen and oxygen atoms in total. The maximum Gasteiger partial charge on any atom is 0.435 e. The monoisotopic (exact) mass is 644 g/mol. The first-order valence-electron chi connectivity index (χ1n) is 13.1. The number of piperazine rings is 1. The van der Waals surface area contributed by atoms with Crippen molar-refractivity contribution in [3.05, 3.63) is 52.7 Å². The van der Waals surface area contributed by atoms with Crippen molar-refractivity contribution >= 4 is 47.4 Å². The number of aromatic nitrogens is 4. The van der Waals surface area contributed by atoms with Crippen LogP contribution < -0.4 is 11.1 Å². The molecule has 3 amide bonds. The van der Waals surface area contributed by atoms with E-state index in [9.17, 15) is 32.7 Å². The minimum Gasteiger partial charge on any atom is -0.382 e. The normalized spacial score (nSPS) is 16.1. The maximum atomic E-state index is 13.7. The van der Waals surface area contributed by atoms with Crippen molar-refractivity contribution in [3.8, 4) is 11.3 Å². The van der Waals surface area contributed by atoms with Crippen molar-refractivity contribution in [2.24, 2.45) is 12.8 Å². The van der Waals surface area contributed by atoms with Crippen LogP contribution in [0.5, 0.6) is 0 Å². The third-order valence-corrected chi connectivity index (χ3v) is 7.55. The molecule has 1 unspecified atom stereocenters. The topological polar surface area (TPSA) is 152 Å². The van der Waals surface area contributed by atoms with Gasteiger partial charge in [-0.2, -0.15) is 18.3 Å². The van der Waals surface area contributed by atoms with Gasteiger partial charge in [-0.05, 0) is 31.0 Å². The maximum absolute atomic E-state index is 13.7. The average molecular weight is 645 g/mol. The Morgan fingerprint density at radius 3 is 2.40 bits per heavy atom. The van der Waals surface area contributed by atoms with Gasteiger partial charge in [0.05, 0.1) is 34.1 Å². The van der Waals surface area contributed by atoms with Crippen molar-refractivity contribution in [1.29, 1.82) is 0 Å². The van der Waals surface area contributed by atoms with E-state index in [0.717, 1.165) is 12.8 Å². The van der Waals surface area contributed by atoms with Gasteiger partial charge in [0.15, 0.2) is 11.5 Å². The molecule has 2 aliphatic rings. The zero-order chi connectivity index (χ0) is 30.3. The summed E-state index contributed by atoms with van der Waals surface area (Å²) in [5.74, 6) is -1.69. The molecule has 1 saturated heterocycles. The Balaban J connectivity index is 0.00000423. The quantitative estimate of drug-likeness (QED) is 0.357. The van der Waals surface area contributed by atoms with Crippen LogP contribution in [-0.4, -0.2) is 90.8 Å². The van der Waals surface area contributed by atoms with Crippen molar-refractivity contribution in [2.45, 2.75) is 31.2 Å². The van der Waals surface area contributed by atoms with Gasteiger partial charge in [0.1, 0.15) is 6.10 Å². The minimum absolute atomic E-state index is 0. The van der Waals surface area contributed by atoms with Crippen molar-refractivity contribution in [2.75, 3.05) is 38.0 Å². The lowest BCUT2D eigenvalue weighted by Crippen LogP contribution is -2.53. The lowest BCUT2D eigenvalue weighted by atomic mass is 10.1. The molecule has 0 bridgehead atoms. The number of carbonyl (C=O) groups excluding carboxylic acids is 3. The standard InChI is InChI=1S/C26H28ClF3N8O4.ClH/c1-35-19(17-13-38(15-3-4-15)34-21(17)26(28,29)30)12-32-22(35)23(40)33-14-2-5-16(18(27)10-14)24(41)36-6-8-37(9-7-36)25(42)20(39)11-31;/h2,5,10,12-13,15,20,39H,3-4,6-9,11,31H2,1H3,(H,33,40);1H. The van der Waals surface area contributed by atoms with Gasteiger partial charge < -0.3 is 30.5 Å². The molecule has 1 saturated carbocycles. The molecule has 1 aliphatic carbocycles. The Bertz CT molecular complexity index is 1530. The van der Waals surface area contributed by atoms with E-state index in [-0.39, 0.29) is 90.4 Å². The number of hydrogen-bond acceptors (Lipinski definition) is 7. The van der Waals surface area contributed by atoms with E-state index in [2.05, 4.69) is 15.4 Å². The highest BCUT2D eigenvalue weighted by Crippen LogP contribution is 2.41. The van der Waals surface area contributed by atoms with Gasteiger partial charge in [-0.1, -0.05) is 11.6 Å². The van der Waals surface area contributed by atoms with E-state index in [1.807, 2.05) is 0 Å². The number of halogens is 5. The molecule has 17 heteroatoms. The molecule has 1 aliphatic heterocycles. The second-order valence-corrected chi connectivity index (χ2v) is 10.6. The molecule has 0 radical (unpaired) electrons. The summed E-state index contributed by atoms with van der Waals surface area (Å²) >= 11 is 6.37. The van der Waals surface area contributed by atoms with Gasteiger partial charge in [-0.25, -0.2) is 4.98 Å². The van der Waals surface area contributed by atoms with Gasteiger partial charge in [-0.15, -0.1) is 12.4 Å². The number of carbonyl (C=O) groups is 3.